The van der Waals surface area contributed by atoms with Crippen molar-refractivity contribution in [2.45, 2.75) is 25.2 Å². The van der Waals surface area contributed by atoms with Gasteiger partial charge in [0.25, 0.3) is 0 Å². The van der Waals surface area contributed by atoms with E-state index in [1.807, 2.05) is 48.5 Å². The minimum atomic E-state index is -0.280. The second-order valence-corrected chi connectivity index (χ2v) is 6.09. The van der Waals surface area contributed by atoms with Gasteiger partial charge in [0.2, 0.25) is 5.91 Å². The molecule has 1 unspecified atom stereocenters. The third kappa shape index (κ3) is 3.61. The number of benzene rings is 2. The Bertz CT molecular complexity index is 610. The van der Waals surface area contributed by atoms with Crippen LogP contribution in [0.1, 0.15) is 30.1 Å². The summed E-state index contributed by atoms with van der Waals surface area (Å²) in [5, 5.41) is 4.18. The molecule has 0 spiro atoms. The first-order chi connectivity index (χ1) is 10.6. The molecule has 1 atom stereocenters. The number of hydrogen-bond acceptors (Lipinski definition) is 2. The second kappa shape index (κ2) is 6.69. The van der Waals surface area contributed by atoms with Crippen molar-refractivity contribution in [3.05, 3.63) is 69.7 Å². The van der Waals surface area contributed by atoms with Gasteiger partial charge in [-0.3, -0.25) is 4.79 Å². The first-order valence-corrected chi connectivity index (χ1v) is 7.83. The maximum Gasteiger partial charge on any atom is 0.222 e. The molecule has 1 aliphatic rings. The summed E-state index contributed by atoms with van der Waals surface area (Å²) in [5.41, 5.74) is 1.96. The number of hydrogen-bond donors (Lipinski definition) is 1. The van der Waals surface area contributed by atoms with Gasteiger partial charge in [-0.25, -0.2) is 0 Å². The standard InChI is InChI=1S/C17H15Cl2NO2/c18-13-5-1-11(2-6-13)17(12-3-7-14(19)8-4-12)22-16-10-9-15(21)20-16/h1-8,16-17H,9-10H2,(H,20,21). The summed E-state index contributed by atoms with van der Waals surface area (Å²) >= 11 is 11.9. The zero-order valence-electron chi connectivity index (χ0n) is 11.8. The van der Waals surface area contributed by atoms with Gasteiger partial charge in [0.15, 0.2) is 0 Å². The lowest BCUT2D eigenvalue weighted by molar-refractivity contribution is -0.121. The molecule has 0 aliphatic carbocycles. The Kier molecular flexibility index (Phi) is 4.67. The first-order valence-electron chi connectivity index (χ1n) is 7.07. The number of amides is 1. The van der Waals surface area contributed by atoms with Gasteiger partial charge in [-0.1, -0.05) is 47.5 Å². The minimum Gasteiger partial charge on any atom is -0.346 e. The van der Waals surface area contributed by atoms with Gasteiger partial charge in [-0.15, -0.1) is 0 Å². The van der Waals surface area contributed by atoms with Crippen LogP contribution in [0, 0.1) is 0 Å². The Morgan fingerprint density at radius 1 is 0.955 bits per heavy atom. The van der Waals surface area contributed by atoms with E-state index in [2.05, 4.69) is 5.32 Å². The van der Waals surface area contributed by atoms with Crippen LogP contribution >= 0.6 is 23.2 Å². The van der Waals surface area contributed by atoms with Crippen molar-refractivity contribution in [2.24, 2.45) is 0 Å². The molecule has 0 aromatic heterocycles. The zero-order chi connectivity index (χ0) is 15.5. The molecule has 0 saturated carbocycles. The molecule has 1 aliphatic heterocycles. The predicted octanol–water partition coefficient (Wildman–Crippen LogP) is 4.34. The molecule has 1 amide bonds. The highest BCUT2D eigenvalue weighted by Crippen LogP contribution is 2.30. The summed E-state index contributed by atoms with van der Waals surface area (Å²) in [6, 6.07) is 15.0. The van der Waals surface area contributed by atoms with Crippen molar-refractivity contribution >= 4 is 29.1 Å². The highest BCUT2D eigenvalue weighted by molar-refractivity contribution is 6.30. The highest BCUT2D eigenvalue weighted by Gasteiger charge is 2.26. The SMILES string of the molecule is O=C1CCC(OC(c2ccc(Cl)cc2)c2ccc(Cl)cc2)N1. The van der Waals surface area contributed by atoms with Crippen LogP contribution in [-0.2, 0) is 9.53 Å². The molecule has 2 aromatic rings. The van der Waals surface area contributed by atoms with Crippen LogP contribution in [0.25, 0.3) is 0 Å². The van der Waals surface area contributed by atoms with Crippen molar-refractivity contribution in [3.63, 3.8) is 0 Å². The summed E-state index contributed by atoms with van der Waals surface area (Å²) in [7, 11) is 0. The largest absolute Gasteiger partial charge is 0.346 e. The molecule has 1 fully saturated rings. The van der Waals surface area contributed by atoms with Crippen molar-refractivity contribution in [2.75, 3.05) is 0 Å². The smallest absolute Gasteiger partial charge is 0.222 e. The van der Waals surface area contributed by atoms with Gasteiger partial charge in [0.05, 0.1) is 0 Å². The Balaban J connectivity index is 1.89. The molecule has 3 nitrogen and oxygen atoms in total. The summed E-state index contributed by atoms with van der Waals surface area (Å²) in [6.07, 6.45) is 0.622. The topological polar surface area (TPSA) is 38.3 Å². The normalized spacial score (nSPS) is 17.8. The van der Waals surface area contributed by atoms with Crippen LogP contribution in [-0.4, -0.2) is 12.1 Å². The van der Waals surface area contributed by atoms with E-state index in [0.717, 1.165) is 11.1 Å². The maximum atomic E-state index is 11.4. The van der Waals surface area contributed by atoms with Gasteiger partial charge in [-0.2, -0.15) is 0 Å². The Labute approximate surface area is 139 Å². The number of carbonyl (C=O) groups excluding carboxylic acids is 1. The maximum absolute atomic E-state index is 11.4. The fourth-order valence-electron chi connectivity index (χ4n) is 2.48. The van der Waals surface area contributed by atoms with E-state index >= 15 is 0 Å². The highest BCUT2D eigenvalue weighted by atomic mass is 35.5. The van der Waals surface area contributed by atoms with E-state index in [-0.39, 0.29) is 18.2 Å². The van der Waals surface area contributed by atoms with Gasteiger partial charge in [0, 0.05) is 22.9 Å². The van der Waals surface area contributed by atoms with E-state index in [1.54, 1.807) is 0 Å². The Morgan fingerprint density at radius 2 is 1.45 bits per heavy atom. The van der Waals surface area contributed by atoms with Crippen LogP contribution < -0.4 is 5.32 Å². The molecule has 0 radical (unpaired) electrons. The third-order valence-electron chi connectivity index (χ3n) is 3.60. The number of halogens is 2. The summed E-state index contributed by atoms with van der Waals surface area (Å²) < 4.78 is 6.12. The summed E-state index contributed by atoms with van der Waals surface area (Å²) in [4.78, 5) is 11.4. The first kappa shape index (κ1) is 15.3. The Hall–Kier alpha value is -1.55. The van der Waals surface area contributed by atoms with E-state index in [1.165, 1.54) is 0 Å². The monoisotopic (exact) mass is 335 g/mol. The number of rotatable bonds is 4. The Morgan fingerprint density at radius 3 is 1.86 bits per heavy atom. The molecule has 1 saturated heterocycles. The van der Waals surface area contributed by atoms with Crippen molar-refractivity contribution in [1.82, 2.24) is 5.32 Å². The average Bonchev–Trinajstić information content (AvgIpc) is 2.92. The fraction of sp³-hybridized carbons (Fsp3) is 0.235. The molecule has 0 bridgehead atoms. The lowest BCUT2D eigenvalue weighted by Gasteiger charge is -2.23. The molecule has 3 rings (SSSR count). The molecule has 22 heavy (non-hydrogen) atoms. The molecule has 114 valence electrons. The molecule has 1 N–H and O–H groups in total. The van der Waals surface area contributed by atoms with E-state index in [4.69, 9.17) is 27.9 Å². The minimum absolute atomic E-state index is 0.0240. The molecule has 2 aromatic carbocycles. The zero-order valence-corrected chi connectivity index (χ0v) is 13.3. The average molecular weight is 336 g/mol. The van der Waals surface area contributed by atoms with E-state index < -0.39 is 0 Å². The third-order valence-corrected chi connectivity index (χ3v) is 4.11. The van der Waals surface area contributed by atoms with Gasteiger partial charge in [-0.05, 0) is 35.4 Å². The molecular weight excluding hydrogens is 321 g/mol. The summed E-state index contributed by atoms with van der Waals surface area (Å²) in [5.74, 6) is 0.0240. The molecular formula is C17H15Cl2NO2. The number of ether oxygens (including phenoxy) is 1. The summed E-state index contributed by atoms with van der Waals surface area (Å²) in [6.45, 7) is 0. The van der Waals surface area contributed by atoms with E-state index in [9.17, 15) is 4.79 Å². The van der Waals surface area contributed by atoms with E-state index in [0.29, 0.717) is 22.9 Å². The van der Waals surface area contributed by atoms with Crippen LogP contribution in [0.5, 0.6) is 0 Å². The molecule has 1 heterocycles. The lowest BCUT2D eigenvalue weighted by atomic mass is 10.0. The van der Waals surface area contributed by atoms with Crippen LogP contribution in [0.15, 0.2) is 48.5 Å². The van der Waals surface area contributed by atoms with Gasteiger partial charge >= 0.3 is 0 Å². The fourth-order valence-corrected chi connectivity index (χ4v) is 2.73. The quantitative estimate of drug-likeness (QED) is 0.902. The number of carbonyl (C=O) groups is 1. The predicted molar refractivity (Wildman–Crippen MR) is 87.0 cm³/mol. The van der Waals surface area contributed by atoms with Crippen LogP contribution in [0.3, 0.4) is 0 Å². The van der Waals surface area contributed by atoms with Crippen molar-refractivity contribution < 1.29 is 9.53 Å². The van der Waals surface area contributed by atoms with Crippen molar-refractivity contribution in [3.8, 4) is 0 Å². The van der Waals surface area contributed by atoms with Gasteiger partial charge < -0.3 is 10.1 Å². The molecule has 5 heteroatoms. The van der Waals surface area contributed by atoms with Crippen molar-refractivity contribution in [1.29, 1.82) is 0 Å². The number of nitrogens with one attached hydrogen (secondary N) is 1. The lowest BCUT2D eigenvalue weighted by Crippen LogP contribution is -2.29. The van der Waals surface area contributed by atoms with Crippen LogP contribution in [0.4, 0.5) is 0 Å². The van der Waals surface area contributed by atoms with Gasteiger partial charge in [0.1, 0.15) is 12.3 Å². The second-order valence-electron chi connectivity index (χ2n) is 5.21. The van der Waals surface area contributed by atoms with Crippen LogP contribution in [0.2, 0.25) is 10.0 Å².